The van der Waals surface area contributed by atoms with Crippen LogP contribution in [0.15, 0.2) is 73.3 Å². The first-order chi connectivity index (χ1) is 16.0. The summed E-state index contributed by atoms with van der Waals surface area (Å²) in [4.78, 5) is 21.3. The van der Waals surface area contributed by atoms with Gasteiger partial charge in [-0.25, -0.2) is 19.7 Å². The van der Waals surface area contributed by atoms with Gasteiger partial charge in [0, 0.05) is 30.3 Å². The minimum Gasteiger partial charge on any atom is -0.457 e. The van der Waals surface area contributed by atoms with Crippen LogP contribution in [0.3, 0.4) is 0 Å². The lowest BCUT2D eigenvalue weighted by molar-refractivity contribution is -0.119. The van der Waals surface area contributed by atoms with Crippen molar-refractivity contribution in [2.24, 2.45) is 11.7 Å². The molecule has 2 atom stereocenters. The first kappa shape index (κ1) is 22.4. The van der Waals surface area contributed by atoms with Gasteiger partial charge in [-0.2, -0.15) is 0 Å². The van der Waals surface area contributed by atoms with E-state index in [9.17, 15) is 9.90 Å². The normalized spacial score (nSPS) is 13.0. The van der Waals surface area contributed by atoms with Crippen LogP contribution in [0.2, 0.25) is 0 Å². The van der Waals surface area contributed by atoms with Crippen LogP contribution >= 0.6 is 0 Å². The van der Waals surface area contributed by atoms with Crippen molar-refractivity contribution in [1.82, 2.24) is 14.6 Å². The summed E-state index contributed by atoms with van der Waals surface area (Å²) in [5, 5.41) is 12.4. The Morgan fingerprint density at radius 1 is 1.15 bits per heavy atom. The number of amides is 1. The molecule has 0 saturated carbocycles. The molecular formula is C25H27N5O3. The number of aliphatic hydroxyl groups excluding tert-OH is 1. The Kier molecular flexibility index (Phi) is 6.67. The van der Waals surface area contributed by atoms with Gasteiger partial charge in [0.25, 0.3) is 0 Å². The molecule has 1 amide bonds. The molecule has 2 heterocycles. The molecule has 0 aliphatic carbocycles. The van der Waals surface area contributed by atoms with Gasteiger partial charge < -0.3 is 15.6 Å². The number of aromatic nitrogens is 3. The number of fused-ring (bicyclic) bond motifs is 1. The number of carbonyl (C=O) groups is 1. The van der Waals surface area contributed by atoms with Crippen LogP contribution in [0.4, 0.5) is 0 Å². The lowest BCUT2D eigenvalue weighted by Gasteiger charge is -2.34. The lowest BCUT2D eigenvalue weighted by Crippen LogP contribution is -2.53. The van der Waals surface area contributed by atoms with Gasteiger partial charge in [-0.15, -0.1) is 0 Å². The Labute approximate surface area is 192 Å². The molecule has 4 rings (SSSR count). The molecular weight excluding hydrogens is 418 g/mol. The van der Waals surface area contributed by atoms with Gasteiger partial charge in [0.15, 0.2) is 5.65 Å². The minimum absolute atomic E-state index is 0.115. The number of rotatable bonds is 8. The highest BCUT2D eigenvalue weighted by molar-refractivity contribution is 5.96. The van der Waals surface area contributed by atoms with Gasteiger partial charge in [-0.05, 0) is 42.3 Å². The van der Waals surface area contributed by atoms with Crippen molar-refractivity contribution in [3.8, 4) is 22.6 Å². The van der Waals surface area contributed by atoms with E-state index in [4.69, 9.17) is 10.5 Å². The number of nitrogens with two attached hydrogens (primary N) is 1. The van der Waals surface area contributed by atoms with Crippen LogP contribution in [0.25, 0.3) is 22.2 Å². The highest BCUT2D eigenvalue weighted by Crippen LogP contribution is 2.32. The van der Waals surface area contributed by atoms with Gasteiger partial charge >= 0.3 is 0 Å². The molecule has 0 saturated heterocycles. The van der Waals surface area contributed by atoms with Crippen molar-refractivity contribution in [2.75, 3.05) is 18.2 Å². The SMILES string of the molecule is CC(=O)N(C(CO)C(C)CN)n1cc(-c2ccc(Oc3ccccc3)cc2)c2cncnc21. The third-order valence-electron chi connectivity index (χ3n) is 5.68. The number of hydrogen-bond donors (Lipinski definition) is 2. The monoisotopic (exact) mass is 445 g/mol. The summed E-state index contributed by atoms with van der Waals surface area (Å²) < 4.78 is 7.58. The molecule has 170 valence electrons. The van der Waals surface area contributed by atoms with Crippen LogP contribution < -0.4 is 15.5 Å². The van der Waals surface area contributed by atoms with Crippen molar-refractivity contribution in [3.05, 3.63) is 73.3 Å². The number of aliphatic hydroxyl groups is 1. The van der Waals surface area contributed by atoms with Crippen LogP contribution in [0.5, 0.6) is 11.5 Å². The van der Waals surface area contributed by atoms with E-state index in [1.165, 1.54) is 18.3 Å². The predicted molar refractivity (Wildman–Crippen MR) is 127 cm³/mol. The number of ether oxygens (including phenoxy) is 1. The number of carbonyl (C=O) groups excluding carboxylic acids is 1. The maximum atomic E-state index is 12.7. The summed E-state index contributed by atoms with van der Waals surface area (Å²) in [6.07, 6.45) is 5.01. The van der Waals surface area contributed by atoms with Gasteiger partial charge in [0.2, 0.25) is 5.91 Å². The molecule has 0 fully saturated rings. The zero-order valence-corrected chi connectivity index (χ0v) is 18.6. The van der Waals surface area contributed by atoms with Crippen molar-refractivity contribution in [2.45, 2.75) is 19.9 Å². The molecule has 33 heavy (non-hydrogen) atoms. The second-order valence-corrected chi connectivity index (χ2v) is 7.91. The Morgan fingerprint density at radius 2 is 1.85 bits per heavy atom. The largest absolute Gasteiger partial charge is 0.457 e. The first-order valence-electron chi connectivity index (χ1n) is 10.8. The fourth-order valence-corrected chi connectivity index (χ4v) is 3.87. The Bertz CT molecular complexity index is 1220. The molecule has 4 aromatic rings. The summed E-state index contributed by atoms with van der Waals surface area (Å²) in [5.74, 6) is 1.14. The van der Waals surface area contributed by atoms with E-state index in [1.807, 2.05) is 67.7 Å². The van der Waals surface area contributed by atoms with Gasteiger partial charge in [-0.1, -0.05) is 37.3 Å². The molecule has 8 nitrogen and oxygen atoms in total. The number of para-hydroxylation sites is 1. The molecule has 0 bridgehead atoms. The third kappa shape index (κ3) is 4.57. The maximum absolute atomic E-state index is 12.7. The molecule has 0 radical (unpaired) electrons. The summed E-state index contributed by atoms with van der Waals surface area (Å²) >= 11 is 0. The summed E-state index contributed by atoms with van der Waals surface area (Å²) in [5.41, 5.74) is 8.20. The van der Waals surface area contributed by atoms with E-state index in [0.29, 0.717) is 17.9 Å². The second kappa shape index (κ2) is 9.81. The summed E-state index contributed by atoms with van der Waals surface area (Å²) in [7, 11) is 0. The minimum atomic E-state index is -0.493. The predicted octanol–water partition coefficient (Wildman–Crippen LogP) is 3.33. The average molecular weight is 446 g/mol. The highest BCUT2D eigenvalue weighted by Gasteiger charge is 2.29. The second-order valence-electron chi connectivity index (χ2n) is 7.91. The molecule has 0 spiro atoms. The third-order valence-corrected chi connectivity index (χ3v) is 5.68. The van der Waals surface area contributed by atoms with E-state index in [-0.39, 0.29) is 18.4 Å². The zero-order valence-electron chi connectivity index (χ0n) is 18.6. The quantitative estimate of drug-likeness (QED) is 0.431. The Hall–Kier alpha value is -3.75. The first-order valence-corrected chi connectivity index (χ1v) is 10.8. The standard InChI is InChI=1S/C25H27N5O3/c1-17(12-26)24(15-31)30(18(2)32)29-14-23(22-13-27-16-28-25(22)29)19-8-10-21(11-9-19)33-20-6-4-3-5-7-20/h3-11,13-14,16-17,24,31H,12,15,26H2,1-2H3. The van der Waals surface area contributed by atoms with Crippen LogP contribution in [0.1, 0.15) is 13.8 Å². The van der Waals surface area contributed by atoms with Gasteiger partial charge in [0.05, 0.1) is 12.6 Å². The number of benzene rings is 2. The van der Waals surface area contributed by atoms with Gasteiger partial charge in [-0.3, -0.25) is 4.79 Å². The van der Waals surface area contributed by atoms with Crippen LogP contribution in [0, 0.1) is 5.92 Å². The van der Waals surface area contributed by atoms with Crippen LogP contribution in [-0.2, 0) is 4.79 Å². The fraction of sp³-hybridized carbons (Fsp3) is 0.240. The van der Waals surface area contributed by atoms with Gasteiger partial charge in [0.1, 0.15) is 17.8 Å². The van der Waals surface area contributed by atoms with Crippen molar-refractivity contribution >= 4 is 16.9 Å². The molecule has 3 N–H and O–H groups in total. The van der Waals surface area contributed by atoms with Crippen molar-refractivity contribution in [3.63, 3.8) is 0 Å². The van der Waals surface area contributed by atoms with Crippen molar-refractivity contribution in [1.29, 1.82) is 0 Å². The van der Waals surface area contributed by atoms with E-state index < -0.39 is 6.04 Å². The number of hydrogen-bond acceptors (Lipinski definition) is 6. The Morgan fingerprint density at radius 3 is 2.48 bits per heavy atom. The molecule has 2 aromatic carbocycles. The molecule has 0 aliphatic rings. The average Bonchev–Trinajstić information content (AvgIpc) is 3.22. The summed E-state index contributed by atoms with van der Waals surface area (Å²) in [6.45, 7) is 3.49. The van der Waals surface area contributed by atoms with E-state index in [1.54, 1.807) is 10.9 Å². The Balaban J connectivity index is 1.75. The topological polar surface area (TPSA) is 107 Å². The smallest absolute Gasteiger partial charge is 0.238 e. The fourth-order valence-electron chi connectivity index (χ4n) is 3.87. The maximum Gasteiger partial charge on any atom is 0.238 e. The summed E-state index contributed by atoms with van der Waals surface area (Å²) in [6, 6.07) is 16.8. The number of nitrogens with zero attached hydrogens (tertiary/aromatic N) is 4. The molecule has 2 unspecified atom stereocenters. The molecule has 8 heteroatoms. The molecule has 2 aromatic heterocycles. The van der Waals surface area contributed by atoms with E-state index in [2.05, 4.69) is 9.97 Å². The lowest BCUT2D eigenvalue weighted by atomic mass is 10.0. The van der Waals surface area contributed by atoms with Crippen molar-refractivity contribution < 1.29 is 14.6 Å². The van der Waals surface area contributed by atoms with E-state index in [0.717, 1.165) is 22.3 Å². The zero-order chi connectivity index (χ0) is 23.4. The van der Waals surface area contributed by atoms with E-state index >= 15 is 0 Å². The highest BCUT2D eigenvalue weighted by atomic mass is 16.5. The molecule has 0 aliphatic heterocycles. The van der Waals surface area contributed by atoms with Crippen LogP contribution in [-0.4, -0.2) is 44.9 Å².